The molecule has 1 fully saturated rings. The van der Waals surface area contributed by atoms with Crippen molar-refractivity contribution in [2.45, 2.75) is 51.5 Å². The van der Waals surface area contributed by atoms with Gasteiger partial charge in [-0.05, 0) is 32.8 Å². The van der Waals surface area contributed by atoms with Crippen molar-refractivity contribution in [3.05, 3.63) is 35.9 Å². The van der Waals surface area contributed by atoms with Gasteiger partial charge in [-0.25, -0.2) is 9.59 Å². The van der Waals surface area contributed by atoms with E-state index in [4.69, 9.17) is 16.3 Å². The summed E-state index contributed by atoms with van der Waals surface area (Å²) in [6.45, 7) is 6.97. The lowest BCUT2D eigenvalue weighted by atomic mass is 10.1. The van der Waals surface area contributed by atoms with Crippen LogP contribution in [0.15, 0.2) is 30.3 Å². The van der Waals surface area contributed by atoms with Crippen LogP contribution >= 0.6 is 11.6 Å². The van der Waals surface area contributed by atoms with E-state index in [1.54, 1.807) is 0 Å². The zero-order chi connectivity index (χ0) is 19.6. The Balaban J connectivity index is 0.000000273. The van der Waals surface area contributed by atoms with Crippen molar-refractivity contribution in [3.8, 4) is 0 Å². The maximum absolute atomic E-state index is 11.4. The fraction of sp³-hybridized carbons (Fsp3) is 0.556. The van der Waals surface area contributed by atoms with Gasteiger partial charge in [0.05, 0.1) is 6.10 Å². The number of nitrogens with one attached hydrogen (secondary N) is 2. The summed E-state index contributed by atoms with van der Waals surface area (Å²) in [6, 6.07) is 9.31. The van der Waals surface area contributed by atoms with Gasteiger partial charge in [0.2, 0.25) is 0 Å². The van der Waals surface area contributed by atoms with Gasteiger partial charge < -0.3 is 25.2 Å². The first-order valence-electron chi connectivity index (χ1n) is 8.40. The van der Waals surface area contributed by atoms with Gasteiger partial charge in [0.1, 0.15) is 12.2 Å². The van der Waals surface area contributed by atoms with E-state index in [1.807, 2.05) is 51.1 Å². The predicted octanol–water partition coefficient (Wildman–Crippen LogP) is 2.80. The molecule has 7 nitrogen and oxygen atoms in total. The molecule has 1 aromatic carbocycles. The van der Waals surface area contributed by atoms with Crippen LogP contribution < -0.4 is 10.6 Å². The highest BCUT2D eigenvalue weighted by atomic mass is 35.5. The molecule has 1 aliphatic rings. The number of benzene rings is 1. The zero-order valence-corrected chi connectivity index (χ0v) is 16.1. The third-order valence-corrected chi connectivity index (χ3v) is 3.35. The number of carbonyl (C=O) groups is 2. The van der Waals surface area contributed by atoms with Crippen LogP contribution in [0, 0.1) is 0 Å². The van der Waals surface area contributed by atoms with Crippen LogP contribution in [-0.4, -0.2) is 47.5 Å². The second-order valence-electron chi connectivity index (χ2n) is 6.90. The summed E-state index contributed by atoms with van der Waals surface area (Å²) in [6.07, 6.45) is -0.242. The molecule has 1 saturated heterocycles. The molecule has 0 aliphatic carbocycles. The van der Waals surface area contributed by atoms with E-state index in [0.717, 1.165) is 5.56 Å². The molecule has 1 aliphatic heterocycles. The first-order valence-corrected chi connectivity index (χ1v) is 8.78. The molecule has 1 heterocycles. The van der Waals surface area contributed by atoms with E-state index in [2.05, 4.69) is 15.4 Å². The quantitative estimate of drug-likeness (QED) is 0.691. The smallest absolute Gasteiger partial charge is 0.407 e. The molecule has 0 spiro atoms. The number of amides is 1. The molecule has 0 saturated carbocycles. The molecule has 8 heteroatoms. The zero-order valence-electron chi connectivity index (χ0n) is 15.3. The Bertz CT molecular complexity index is 562. The van der Waals surface area contributed by atoms with Crippen molar-refractivity contribution in [1.29, 1.82) is 0 Å². The maximum atomic E-state index is 11.4. The number of piperidine rings is 1. The molecule has 2 rings (SSSR count). The molecule has 0 bridgehead atoms. The molecule has 1 aromatic rings. The van der Waals surface area contributed by atoms with Gasteiger partial charge in [0.15, 0.2) is 0 Å². The third kappa shape index (κ3) is 10.9. The Labute approximate surface area is 159 Å². The molecular weight excluding hydrogens is 360 g/mol. The van der Waals surface area contributed by atoms with Gasteiger partial charge in [0.25, 0.3) is 0 Å². The Morgan fingerprint density at radius 1 is 1.27 bits per heavy atom. The van der Waals surface area contributed by atoms with Crippen molar-refractivity contribution in [2.24, 2.45) is 0 Å². The van der Waals surface area contributed by atoms with E-state index in [9.17, 15) is 14.7 Å². The number of halogens is 1. The number of rotatable bonds is 3. The number of β-amino-alcohol motifs (C(OH)–C–C–N with tert-alkyl or cyclic N) is 1. The first kappa shape index (κ1) is 22.2. The molecule has 2 atom stereocenters. The highest BCUT2D eigenvalue weighted by Gasteiger charge is 2.23. The van der Waals surface area contributed by atoms with E-state index >= 15 is 0 Å². The monoisotopic (exact) mass is 386 g/mol. The van der Waals surface area contributed by atoms with Crippen LogP contribution in [0.25, 0.3) is 0 Å². The minimum Gasteiger partial charge on any atom is -0.449 e. The fourth-order valence-corrected chi connectivity index (χ4v) is 2.27. The second-order valence-corrected chi connectivity index (χ2v) is 7.21. The Morgan fingerprint density at radius 3 is 2.46 bits per heavy atom. The molecule has 0 radical (unpaired) electrons. The number of aliphatic hydroxyl groups is 1. The summed E-state index contributed by atoms with van der Waals surface area (Å²) in [7, 11) is 0. The summed E-state index contributed by atoms with van der Waals surface area (Å²) in [5, 5.41) is 15.1. The van der Waals surface area contributed by atoms with E-state index in [1.165, 1.54) is 0 Å². The number of alkyl carbamates (subject to hydrolysis) is 1. The van der Waals surface area contributed by atoms with Crippen molar-refractivity contribution < 1.29 is 24.2 Å². The summed E-state index contributed by atoms with van der Waals surface area (Å²) < 4.78 is 9.67. The van der Waals surface area contributed by atoms with Crippen molar-refractivity contribution >= 4 is 23.1 Å². The van der Waals surface area contributed by atoms with Gasteiger partial charge in [0, 0.05) is 30.7 Å². The van der Waals surface area contributed by atoms with Crippen LogP contribution in [0.3, 0.4) is 0 Å². The minimum absolute atomic E-state index is 0.0522. The predicted molar refractivity (Wildman–Crippen MR) is 99.1 cm³/mol. The number of hydrogen-bond acceptors (Lipinski definition) is 6. The first-order chi connectivity index (χ1) is 12.2. The molecule has 1 amide bonds. The average molecular weight is 387 g/mol. The molecule has 0 aromatic heterocycles. The standard InChI is InChI=1S/C10H20N2O3.C8H7ClO2/c1-10(2,3)15-9(14)12-7-4-8(13)6-11-5-7;9-8(10)11-6-7-4-2-1-3-5-7/h7-8,11,13H,4-6H2,1-3H3,(H,12,14);1-5H,6H2/t7?,8-;/m1./s1. The van der Waals surface area contributed by atoms with Crippen LogP contribution in [0.2, 0.25) is 0 Å². The summed E-state index contributed by atoms with van der Waals surface area (Å²) >= 11 is 4.97. The van der Waals surface area contributed by atoms with Crippen molar-refractivity contribution in [3.63, 3.8) is 0 Å². The van der Waals surface area contributed by atoms with Gasteiger partial charge in [-0.1, -0.05) is 30.3 Å². The van der Waals surface area contributed by atoms with Gasteiger partial charge in [-0.2, -0.15) is 0 Å². The molecule has 3 N–H and O–H groups in total. The SMILES string of the molecule is CC(C)(C)OC(=O)NC1CNC[C@H](O)C1.O=C(Cl)OCc1ccccc1. The Morgan fingerprint density at radius 2 is 1.92 bits per heavy atom. The molecule has 146 valence electrons. The lowest BCUT2D eigenvalue weighted by Gasteiger charge is -2.28. The van der Waals surface area contributed by atoms with Crippen LogP contribution in [0.5, 0.6) is 0 Å². The molecule has 1 unspecified atom stereocenters. The number of ether oxygens (including phenoxy) is 2. The van der Waals surface area contributed by atoms with Crippen LogP contribution in [0.4, 0.5) is 9.59 Å². The normalized spacial score (nSPS) is 19.6. The van der Waals surface area contributed by atoms with Crippen LogP contribution in [0.1, 0.15) is 32.8 Å². The number of hydrogen-bond donors (Lipinski definition) is 3. The summed E-state index contributed by atoms with van der Waals surface area (Å²) in [5.74, 6) is 0. The highest BCUT2D eigenvalue weighted by molar-refractivity contribution is 6.61. The molecular formula is C18H27ClN2O5. The topological polar surface area (TPSA) is 96.9 Å². The van der Waals surface area contributed by atoms with E-state index in [-0.39, 0.29) is 12.6 Å². The van der Waals surface area contributed by atoms with Gasteiger partial charge in [-0.3, -0.25) is 0 Å². The summed E-state index contributed by atoms with van der Waals surface area (Å²) in [5.41, 5.74) is -0.319. The average Bonchev–Trinajstić information content (AvgIpc) is 2.52. The van der Waals surface area contributed by atoms with Crippen LogP contribution in [-0.2, 0) is 16.1 Å². The molecule has 26 heavy (non-hydrogen) atoms. The summed E-state index contributed by atoms with van der Waals surface area (Å²) in [4.78, 5) is 21.6. The lowest BCUT2D eigenvalue weighted by Crippen LogP contribution is -2.51. The number of aliphatic hydroxyl groups excluding tert-OH is 1. The minimum atomic E-state index is -0.770. The van der Waals surface area contributed by atoms with E-state index < -0.39 is 23.2 Å². The largest absolute Gasteiger partial charge is 0.449 e. The maximum Gasteiger partial charge on any atom is 0.407 e. The number of carbonyl (C=O) groups excluding carboxylic acids is 2. The fourth-order valence-electron chi connectivity index (χ4n) is 2.22. The Hall–Kier alpha value is -1.83. The van der Waals surface area contributed by atoms with Crippen molar-refractivity contribution in [2.75, 3.05) is 13.1 Å². The van der Waals surface area contributed by atoms with Gasteiger partial charge in [-0.15, -0.1) is 0 Å². The second kappa shape index (κ2) is 11.0. The van der Waals surface area contributed by atoms with Gasteiger partial charge >= 0.3 is 11.5 Å². The third-order valence-electron chi connectivity index (χ3n) is 3.24. The highest BCUT2D eigenvalue weighted by Crippen LogP contribution is 2.08. The van der Waals surface area contributed by atoms with Crippen molar-refractivity contribution in [1.82, 2.24) is 10.6 Å². The Kier molecular flexibility index (Phi) is 9.40. The van der Waals surface area contributed by atoms with E-state index in [0.29, 0.717) is 19.5 Å². The lowest BCUT2D eigenvalue weighted by molar-refractivity contribution is 0.0463.